The summed E-state index contributed by atoms with van der Waals surface area (Å²) in [5.41, 5.74) is 6.66. The van der Waals surface area contributed by atoms with E-state index in [9.17, 15) is 10.2 Å². The lowest BCUT2D eigenvalue weighted by atomic mass is 10.1. The molecule has 19 heavy (non-hydrogen) atoms. The second-order valence-corrected chi connectivity index (χ2v) is 5.19. The minimum Gasteiger partial charge on any atom is -0.396 e. The minimum absolute atomic E-state index is 0.0256. The fraction of sp³-hybridized carbons (Fsp3) is 0.545. The van der Waals surface area contributed by atoms with Gasteiger partial charge in [0.25, 0.3) is 0 Å². The Bertz CT molecular complexity index is 616. The molecule has 4 N–H and O–H groups in total. The molecule has 0 unspecified atom stereocenters. The van der Waals surface area contributed by atoms with Crippen molar-refractivity contribution < 1.29 is 10.2 Å². The Kier molecular flexibility index (Phi) is 3.04. The van der Waals surface area contributed by atoms with Gasteiger partial charge < -0.3 is 20.5 Å². The lowest BCUT2D eigenvalue weighted by molar-refractivity contribution is 0.0906. The number of halogens is 1. The van der Waals surface area contributed by atoms with Crippen molar-refractivity contribution in [2.45, 2.75) is 25.0 Å². The van der Waals surface area contributed by atoms with Gasteiger partial charge in [-0.25, -0.2) is 4.98 Å². The lowest BCUT2D eigenvalue weighted by Gasteiger charge is -2.12. The van der Waals surface area contributed by atoms with Crippen LogP contribution in [0.5, 0.6) is 0 Å². The largest absolute Gasteiger partial charge is 0.396 e. The molecule has 0 amide bonds. The summed E-state index contributed by atoms with van der Waals surface area (Å²) in [6.45, 7) is -0.0256. The molecule has 1 aliphatic carbocycles. The molecular weight excluding hydrogens is 270 g/mol. The number of aromatic nitrogens is 4. The van der Waals surface area contributed by atoms with Crippen molar-refractivity contribution in [3.8, 4) is 0 Å². The second kappa shape index (κ2) is 4.59. The summed E-state index contributed by atoms with van der Waals surface area (Å²) >= 11 is 5.97. The van der Waals surface area contributed by atoms with Crippen LogP contribution in [0.2, 0.25) is 5.15 Å². The summed E-state index contributed by atoms with van der Waals surface area (Å²) in [5.74, 6) is -0.0198. The monoisotopic (exact) mass is 283 g/mol. The van der Waals surface area contributed by atoms with Crippen LogP contribution in [0.3, 0.4) is 0 Å². The third-order valence-corrected chi connectivity index (χ3v) is 3.92. The molecule has 0 aliphatic heterocycles. The second-order valence-electron chi connectivity index (χ2n) is 4.83. The average Bonchev–Trinajstić information content (AvgIpc) is 2.92. The molecule has 0 aromatic carbocycles. The number of hydrogen-bond donors (Lipinski definition) is 3. The highest BCUT2D eigenvalue weighted by Gasteiger charge is 2.34. The van der Waals surface area contributed by atoms with Gasteiger partial charge in [0.15, 0.2) is 10.8 Å². The molecule has 3 rings (SSSR count). The van der Waals surface area contributed by atoms with E-state index in [0.717, 1.165) is 0 Å². The first-order chi connectivity index (χ1) is 9.10. The molecule has 0 radical (unpaired) electrons. The van der Waals surface area contributed by atoms with Crippen LogP contribution < -0.4 is 5.73 Å². The number of fused-ring (bicyclic) bond motifs is 1. The van der Waals surface area contributed by atoms with Crippen molar-refractivity contribution in [3.63, 3.8) is 0 Å². The normalized spacial score (nSPS) is 27.2. The van der Waals surface area contributed by atoms with E-state index in [4.69, 9.17) is 17.3 Å². The fourth-order valence-corrected chi connectivity index (χ4v) is 2.88. The summed E-state index contributed by atoms with van der Waals surface area (Å²) in [6.07, 6.45) is 2.34. The number of aliphatic hydroxyl groups is 2. The summed E-state index contributed by atoms with van der Waals surface area (Å²) in [7, 11) is 0. The number of rotatable bonds is 2. The summed E-state index contributed by atoms with van der Waals surface area (Å²) in [5, 5.41) is 19.3. The highest BCUT2D eigenvalue weighted by Crippen LogP contribution is 2.36. The highest BCUT2D eigenvalue weighted by molar-refractivity contribution is 6.33. The Morgan fingerprint density at radius 2 is 2.21 bits per heavy atom. The molecule has 2 aromatic heterocycles. The Balaban J connectivity index is 2.02. The predicted octanol–water partition coefficient (Wildman–Crippen LogP) is 0.366. The predicted molar refractivity (Wildman–Crippen MR) is 69.6 cm³/mol. The van der Waals surface area contributed by atoms with Gasteiger partial charge >= 0.3 is 0 Å². The van der Waals surface area contributed by atoms with Gasteiger partial charge in [-0.1, -0.05) is 11.6 Å². The van der Waals surface area contributed by atoms with Gasteiger partial charge in [0, 0.05) is 18.6 Å². The van der Waals surface area contributed by atoms with Gasteiger partial charge in [0.2, 0.25) is 5.95 Å². The number of nitrogen functional groups attached to an aromatic ring is 1. The molecule has 2 heterocycles. The van der Waals surface area contributed by atoms with Gasteiger partial charge in [0.05, 0.1) is 12.4 Å². The van der Waals surface area contributed by atoms with Crippen LogP contribution in [0.1, 0.15) is 18.9 Å². The summed E-state index contributed by atoms with van der Waals surface area (Å²) in [4.78, 5) is 12.2. The van der Waals surface area contributed by atoms with Crippen LogP contribution in [0.15, 0.2) is 6.33 Å². The molecule has 0 bridgehead atoms. The van der Waals surface area contributed by atoms with E-state index in [-0.39, 0.29) is 29.7 Å². The van der Waals surface area contributed by atoms with Crippen LogP contribution in [-0.4, -0.2) is 42.4 Å². The third kappa shape index (κ3) is 2.03. The van der Waals surface area contributed by atoms with Crippen LogP contribution >= 0.6 is 11.6 Å². The van der Waals surface area contributed by atoms with Crippen molar-refractivity contribution >= 4 is 28.7 Å². The number of aliphatic hydroxyl groups excluding tert-OH is 2. The van der Waals surface area contributed by atoms with Gasteiger partial charge in [-0.05, 0) is 12.8 Å². The van der Waals surface area contributed by atoms with Crippen LogP contribution in [0, 0.1) is 5.92 Å². The van der Waals surface area contributed by atoms with E-state index in [1.165, 1.54) is 0 Å². The Labute approximate surface area is 114 Å². The van der Waals surface area contributed by atoms with Crippen molar-refractivity contribution in [1.29, 1.82) is 0 Å². The van der Waals surface area contributed by atoms with Crippen molar-refractivity contribution in [1.82, 2.24) is 19.5 Å². The average molecular weight is 284 g/mol. The van der Waals surface area contributed by atoms with E-state index in [1.807, 2.05) is 4.57 Å². The molecule has 0 saturated heterocycles. The Morgan fingerprint density at radius 3 is 2.89 bits per heavy atom. The molecule has 1 fully saturated rings. The van der Waals surface area contributed by atoms with Crippen LogP contribution in [-0.2, 0) is 0 Å². The van der Waals surface area contributed by atoms with Gasteiger partial charge in [-0.3, -0.25) is 0 Å². The molecule has 1 aliphatic rings. The van der Waals surface area contributed by atoms with E-state index in [0.29, 0.717) is 24.0 Å². The molecular formula is C11H14ClN5O2. The maximum atomic E-state index is 9.86. The topological polar surface area (TPSA) is 110 Å². The number of nitrogens with zero attached hydrogens (tertiary/aromatic N) is 4. The smallest absolute Gasteiger partial charge is 0.223 e. The first-order valence-electron chi connectivity index (χ1n) is 6.04. The van der Waals surface area contributed by atoms with Crippen molar-refractivity contribution in [2.24, 2.45) is 5.92 Å². The third-order valence-electron chi connectivity index (χ3n) is 3.66. The quantitative estimate of drug-likeness (QED) is 0.687. The van der Waals surface area contributed by atoms with E-state index >= 15 is 0 Å². The zero-order valence-corrected chi connectivity index (χ0v) is 10.8. The van der Waals surface area contributed by atoms with Crippen molar-refractivity contribution in [3.05, 3.63) is 11.5 Å². The van der Waals surface area contributed by atoms with Gasteiger partial charge in [0.1, 0.15) is 5.52 Å². The molecule has 0 spiro atoms. The standard InChI is InChI=1S/C11H14ClN5O2/c12-9-8-10(16-11(13)15-9)17(4-14-8)6-1-5(3-18)7(19)2-6/h4-7,18-19H,1-3H2,(H2,13,15,16)/t5-,6-,7+/m0/s1. The summed E-state index contributed by atoms with van der Waals surface area (Å²) in [6, 6.07) is 0.0301. The zero-order valence-electron chi connectivity index (χ0n) is 10.1. The number of nitrogens with two attached hydrogens (primary N) is 1. The van der Waals surface area contributed by atoms with Crippen LogP contribution in [0.4, 0.5) is 5.95 Å². The SMILES string of the molecule is Nc1nc(Cl)c2ncn([C@H]3C[C@@H](CO)[C@H](O)C3)c2n1. The number of imidazole rings is 1. The lowest BCUT2D eigenvalue weighted by Crippen LogP contribution is -2.16. The van der Waals surface area contributed by atoms with Crippen molar-refractivity contribution in [2.75, 3.05) is 12.3 Å². The highest BCUT2D eigenvalue weighted by atomic mass is 35.5. The van der Waals surface area contributed by atoms with E-state index < -0.39 is 6.10 Å². The van der Waals surface area contributed by atoms with E-state index in [1.54, 1.807) is 6.33 Å². The van der Waals surface area contributed by atoms with Crippen LogP contribution in [0.25, 0.3) is 11.2 Å². The Hall–Kier alpha value is -1.44. The molecule has 1 saturated carbocycles. The molecule has 102 valence electrons. The maximum Gasteiger partial charge on any atom is 0.223 e. The maximum absolute atomic E-state index is 9.86. The first-order valence-corrected chi connectivity index (χ1v) is 6.42. The fourth-order valence-electron chi connectivity index (χ4n) is 2.66. The van der Waals surface area contributed by atoms with Gasteiger partial charge in [-0.2, -0.15) is 9.97 Å². The molecule has 2 aromatic rings. The number of anilines is 1. The zero-order chi connectivity index (χ0) is 13.6. The number of hydrogen-bond acceptors (Lipinski definition) is 6. The van der Waals surface area contributed by atoms with E-state index in [2.05, 4.69) is 15.0 Å². The molecule has 7 nitrogen and oxygen atoms in total. The molecule has 3 atom stereocenters. The first kappa shape index (κ1) is 12.6. The molecule has 8 heteroatoms. The minimum atomic E-state index is -0.512. The summed E-state index contributed by atoms with van der Waals surface area (Å²) < 4.78 is 1.85. The Morgan fingerprint density at radius 1 is 1.42 bits per heavy atom. The van der Waals surface area contributed by atoms with Gasteiger partial charge in [-0.15, -0.1) is 0 Å².